The van der Waals surface area contributed by atoms with Gasteiger partial charge < -0.3 is 5.11 Å². The average Bonchev–Trinajstić information content (AvgIpc) is 2.34. The van der Waals surface area contributed by atoms with Crippen molar-refractivity contribution in [1.82, 2.24) is 4.98 Å². The number of aromatic nitrogens is 1. The third kappa shape index (κ3) is 2.51. The summed E-state index contributed by atoms with van der Waals surface area (Å²) in [7, 11) is 0. The summed E-state index contributed by atoms with van der Waals surface area (Å²) in [6.07, 6.45) is 5.20. The van der Waals surface area contributed by atoms with Crippen molar-refractivity contribution < 1.29 is 9.90 Å². The Hall–Kier alpha value is -0.550. The smallest absolute Gasteiger partial charge is 0.308 e. The number of hydrogen-bond donors (Lipinski definition) is 1. The summed E-state index contributed by atoms with van der Waals surface area (Å²) in [5, 5.41) is 8.41. The van der Waals surface area contributed by atoms with E-state index in [2.05, 4.69) is 11.2 Å². The number of rotatable bonds is 3. The zero-order chi connectivity index (χ0) is 8.27. The first kappa shape index (κ1) is 8.55. The second kappa shape index (κ2) is 3.73. The van der Waals surface area contributed by atoms with Gasteiger partial charge in [-0.05, 0) is 0 Å². The lowest BCUT2D eigenvalue weighted by Crippen LogP contribution is -1.97. The van der Waals surface area contributed by atoms with E-state index in [9.17, 15) is 4.79 Å². The molecule has 0 aliphatic carbocycles. The van der Waals surface area contributed by atoms with E-state index in [4.69, 9.17) is 5.11 Å². The number of carboxylic acids is 1. The summed E-state index contributed by atoms with van der Waals surface area (Å²) in [5.74, 6) is -0.825. The van der Waals surface area contributed by atoms with Crippen molar-refractivity contribution in [2.75, 3.05) is 0 Å². The highest BCUT2D eigenvalue weighted by Gasteiger charge is 2.04. The summed E-state index contributed by atoms with van der Waals surface area (Å²) >= 11 is 2.65. The molecule has 0 unspecified atom stereocenters. The molecule has 0 amide bonds. The van der Waals surface area contributed by atoms with Crippen LogP contribution in [0, 0.1) is 6.26 Å². The van der Waals surface area contributed by atoms with Crippen molar-refractivity contribution in [3.05, 3.63) is 17.3 Å². The number of carbonyl (C=O) groups is 1. The minimum atomic E-state index is -0.825. The molecule has 11 heavy (non-hydrogen) atoms. The number of thiazole rings is 1. The third-order valence-corrected chi connectivity index (χ3v) is 2.73. The molecule has 0 saturated carbocycles. The lowest BCUT2D eigenvalue weighted by atomic mass is 10.4. The number of aliphatic carboxylic acids is 1. The molecule has 0 aliphatic heterocycles. The molecule has 0 spiro atoms. The van der Waals surface area contributed by atoms with Gasteiger partial charge in [-0.25, -0.2) is 4.98 Å². The maximum absolute atomic E-state index is 10.2. The van der Waals surface area contributed by atoms with Crippen LogP contribution in [-0.4, -0.2) is 16.1 Å². The Balaban J connectivity index is 2.65. The molecule has 1 aromatic rings. The van der Waals surface area contributed by atoms with Gasteiger partial charge in [-0.15, -0.1) is 11.3 Å². The van der Waals surface area contributed by atoms with Crippen LogP contribution < -0.4 is 0 Å². The predicted molar refractivity (Wildman–Crippen MR) is 44.7 cm³/mol. The molecule has 1 heterocycles. The molecule has 59 valence electrons. The number of hydrogen-bond acceptors (Lipinski definition) is 4. The first-order valence-corrected chi connectivity index (χ1v) is 4.61. The first-order valence-electron chi connectivity index (χ1n) is 2.81. The maximum Gasteiger partial charge on any atom is 0.308 e. The van der Waals surface area contributed by atoms with Crippen molar-refractivity contribution in [3.63, 3.8) is 0 Å². The molecule has 0 bridgehead atoms. The van der Waals surface area contributed by atoms with Crippen molar-refractivity contribution >= 4 is 29.1 Å². The van der Waals surface area contributed by atoms with Gasteiger partial charge >= 0.3 is 5.97 Å². The van der Waals surface area contributed by atoms with Crippen LogP contribution in [0.4, 0.5) is 0 Å². The Morgan fingerprint density at radius 3 is 3.09 bits per heavy atom. The second-order valence-electron chi connectivity index (χ2n) is 1.81. The highest BCUT2D eigenvalue weighted by Crippen LogP contribution is 2.22. The zero-order valence-electron chi connectivity index (χ0n) is 5.61. The largest absolute Gasteiger partial charge is 0.481 e. The van der Waals surface area contributed by atoms with Crippen LogP contribution in [0.3, 0.4) is 0 Å². The maximum atomic E-state index is 10.2. The second-order valence-corrected chi connectivity index (χ2v) is 3.86. The van der Waals surface area contributed by atoms with Crippen molar-refractivity contribution in [2.24, 2.45) is 0 Å². The lowest BCUT2D eigenvalue weighted by molar-refractivity contribution is -0.136. The Bertz CT molecular complexity index is 259. The number of carboxylic acid groups (broad SMARTS) is 1. The van der Waals surface area contributed by atoms with Crippen molar-refractivity contribution in [2.45, 2.75) is 10.8 Å². The summed E-state index contributed by atoms with van der Waals surface area (Å²) < 4.78 is 0.807. The van der Waals surface area contributed by atoms with Crippen molar-refractivity contribution in [3.8, 4) is 0 Å². The minimum Gasteiger partial charge on any atom is -0.481 e. The Morgan fingerprint density at radius 2 is 2.64 bits per heavy atom. The monoisotopic (exact) mass is 188 g/mol. The van der Waals surface area contributed by atoms with Gasteiger partial charge in [0.2, 0.25) is 0 Å². The molecule has 0 saturated heterocycles. The van der Waals surface area contributed by atoms with Gasteiger partial charge in [0.25, 0.3) is 0 Å². The third-order valence-electron chi connectivity index (χ3n) is 0.981. The van der Waals surface area contributed by atoms with Crippen LogP contribution in [0.15, 0.2) is 10.5 Å². The minimum absolute atomic E-state index is 0.0538. The molecular formula is C6H6NO2S2. The zero-order valence-corrected chi connectivity index (χ0v) is 7.24. The molecule has 3 nitrogen and oxygen atoms in total. The fraction of sp³-hybridized carbons (Fsp3) is 0.167. The van der Waals surface area contributed by atoms with E-state index >= 15 is 0 Å². The van der Waals surface area contributed by atoms with Crippen LogP contribution in [0.1, 0.15) is 4.88 Å². The fourth-order valence-corrected chi connectivity index (χ4v) is 1.90. The molecule has 0 aliphatic rings. The van der Waals surface area contributed by atoms with Gasteiger partial charge in [-0.2, -0.15) is 0 Å². The molecule has 1 radical (unpaired) electrons. The SMILES string of the molecule is [CH2]Sc1ncc(CC(=O)O)s1. The molecule has 1 N–H and O–H groups in total. The summed E-state index contributed by atoms with van der Waals surface area (Å²) in [4.78, 5) is 14.9. The van der Waals surface area contributed by atoms with Gasteiger partial charge in [-0.1, -0.05) is 11.8 Å². The molecule has 1 aromatic heterocycles. The van der Waals surface area contributed by atoms with Gasteiger partial charge in [0.15, 0.2) is 0 Å². The highest BCUT2D eigenvalue weighted by atomic mass is 32.2. The van der Waals surface area contributed by atoms with E-state index in [1.807, 2.05) is 0 Å². The lowest BCUT2D eigenvalue weighted by Gasteiger charge is -1.85. The Morgan fingerprint density at radius 1 is 1.91 bits per heavy atom. The molecule has 1 rings (SSSR count). The Labute approximate surface area is 72.5 Å². The highest BCUT2D eigenvalue weighted by molar-refractivity contribution is 8.02. The fourth-order valence-electron chi connectivity index (χ4n) is 0.587. The molecule has 0 fully saturated rings. The molecule has 0 aromatic carbocycles. The first-order chi connectivity index (χ1) is 5.22. The Kier molecular flexibility index (Phi) is 2.90. The summed E-state index contributed by atoms with van der Waals surface area (Å²) in [5.41, 5.74) is 0. The van der Waals surface area contributed by atoms with Gasteiger partial charge in [-0.3, -0.25) is 4.79 Å². The van der Waals surface area contributed by atoms with Crippen LogP contribution in [0.5, 0.6) is 0 Å². The van der Waals surface area contributed by atoms with Crippen molar-refractivity contribution in [1.29, 1.82) is 0 Å². The van der Waals surface area contributed by atoms with E-state index < -0.39 is 5.97 Å². The summed E-state index contributed by atoms with van der Waals surface area (Å²) in [6, 6.07) is 0. The van der Waals surface area contributed by atoms with Crippen LogP contribution in [0.2, 0.25) is 0 Å². The van der Waals surface area contributed by atoms with E-state index in [1.54, 1.807) is 6.20 Å². The van der Waals surface area contributed by atoms with Gasteiger partial charge in [0, 0.05) is 17.3 Å². The molecule has 0 atom stereocenters. The normalized spacial score (nSPS) is 9.91. The average molecular weight is 188 g/mol. The van der Waals surface area contributed by atoms with Crippen LogP contribution >= 0.6 is 23.1 Å². The number of thioether (sulfide) groups is 1. The van der Waals surface area contributed by atoms with Crippen LogP contribution in [-0.2, 0) is 11.2 Å². The van der Waals surface area contributed by atoms with Crippen LogP contribution in [0.25, 0.3) is 0 Å². The van der Waals surface area contributed by atoms with Gasteiger partial charge in [0.05, 0.1) is 6.42 Å². The quantitative estimate of drug-likeness (QED) is 0.733. The summed E-state index contributed by atoms with van der Waals surface area (Å²) in [6.45, 7) is 0. The van der Waals surface area contributed by atoms with E-state index in [0.717, 1.165) is 9.22 Å². The van der Waals surface area contributed by atoms with E-state index in [-0.39, 0.29) is 6.42 Å². The van der Waals surface area contributed by atoms with Gasteiger partial charge in [0.1, 0.15) is 4.34 Å². The molecular weight excluding hydrogens is 182 g/mol. The van der Waals surface area contributed by atoms with E-state index in [0.29, 0.717) is 0 Å². The molecule has 5 heteroatoms. The topological polar surface area (TPSA) is 50.2 Å². The predicted octanol–water partition coefficient (Wildman–Crippen LogP) is 1.65. The number of nitrogens with zero attached hydrogens (tertiary/aromatic N) is 1. The standard InChI is InChI=1S/C6H6NO2S2/c1-10-6-7-3-4(11-6)2-5(8)9/h3H,1-2H2,(H,8,9). The van der Waals surface area contributed by atoms with E-state index in [1.165, 1.54) is 23.1 Å².